The molecule has 0 radical (unpaired) electrons. The van der Waals surface area contributed by atoms with E-state index in [0.717, 1.165) is 18.2 Å². The number of alkyl halides is 6. The van der Waals surface area contributed by atoms with Gasteiger partial charge < -0.3 is 11.1 Å². The van der Waals surface area contributed by atoms with E-state index >= 15 is 0 Å². The molecule has 0 aliphatic rings. The van der Waals surface area contributed by atoms with Gasteiger partial charge in [0.25, 0.3) is 0 Å². The Labute approximate surface area is 162 Å². The van der Waals surface area contributed by atoms with Gasteiger partial charge in [-0.25, -0.2) is 0 Å². The molecule has 10 heteroatoms. The van der Waals surface area contributed by atoms with E-state index in [1.807, 2.05) is 13.8 Å². The molecule has 0 fully saturated rings. The van der Waals surface area contributed by atoms with Crippen LogP contribution in [0.3, 0.4) is 0 Å². The minimum absolute atomic E-state index is 0.0479. The number of anilines is 2. The summed E-state index contributed by atoms with van der Waals surface area (Å²) in [6.45, 7) is 3.70. The van der Waals surface area contributed by atoms with Gasteiger partial charge in [0.15, 0.2) is 0 Å². The minimum Gasteiger partial charge on any atom is -0.399 e. The van der Waals surface area contributed by atoms with Crippen molar-refractivity contribution in [3.8, 4) is 0 Å². The van der Waals surface area contributed by atoms with Crippen LogP contribution in [0.4, 0.5) is 37.7 Å². The summed E-state index contributed by atoms with van der Waals surface area (Å²) in [7, 11) is 0. The first-order chi connectivity index (χ1) is 12.2. The molecule has 0 bridgehead atoms. The van der Waals surface area contributed by atoms with Crippen molar-refractivity contribution in [2.24, 2.45) is 0 Å². The second-order valence-corrected chi connectivity index (χ2v) is 6.54. The first kappa shape index (κ1) is 23.2. The second kappa shape index (κ2) is 8.93. The van der Waals surface area contributed by atoms with Crippen LogP contribution in [0.5, 0.6) is 0 Å². The lowest BCUT2D eigenvalue weighted by Crippen LogP contribution is -2.12. The van der Waals surface area contributed by atoms with Crippen LogP contribution in [0.2, 0.25) is 10.0 Å². The molecule has 0 saturated heterocycles. The highest BCUT2D eigenvalue weighted by Crippen LogP contribution is 2.36. The number of hydrogen-bond donors (Lipinski definition) is 2. The Morgan fingerprint density at radius 2 is 1.26 bits per heavy atom. The molecule has 0 spiro atoms. The summed E-state index contributed by atoms with van der Waals surface area (Å²) < 4.78 is 73.6. The van der Waals surface area contributed by atoms with Crippen LogP contribution in [-0.4, -0.2) is 6.04 Å². The van der Waals surface area contributed by atoms with Gasteiger partial charge >= 0.3 is 12.4 Å². The quantitative estimate of drug-likeness (QED) is 0.391. The highest BCUT2D eigenvalue weighted by Gasteiger charge is 2.34. The zero-order valence-electron chi connectivity index (χ0n) is 14.1. The fourth-order valence-corrected chi connectivity index (χ4v) is 2.38. The number of benzene rings is 2. The lowest BCUT2D eigenvalue weighted by atomic mass is 10.2. The summed E-state index contributed by atoms with van der Waals surface area (Å²) in [5.41, 5.74) is 3.92. The molecular formula is C17H16Cl2F6N2. The SMILES string of the molecule is CC(C)Nc1ccc(Cl)c(C(F)(F)F)c1.Nc1ccc(Cl)c(C(F)(F)F)c1. The van der Waals surface area contributed by atoms with Crippen LogP contribution in [0.1, 0.15) is 25.0 Å². The number of rotatable bonds is 2. The van der Waals surface area contributed by atoms with Crippen molar-refractivity contribution in [2.75, 3.05) is 11.1 Å². The Morgan fingerprint density at radius 3 is 1.67 bits per heavy atom. The largest absolute Gasteiger partial charge is 0.417 e. The molecule has 2 aromatic carbocycles. The van der Waals surface area contributed by atoms with Gasteiger partial charge in [-0.15, -0.1) is 0 Å². The summed E-state index contributed by atoms with van der Waals surface area (Å²) in [5, 5.41) is 2.27. The number of nitrogens with two attached hydrogens (primary N) is 1. The Bertz CT molecular complexity index is 773. The van der Waals surface area contributed by atoms with Crippen molar-refractivity contribution in [2.45, 2.75) is 32.2 Å². The Kier molecular flexibility index (Phi) is 7.68. The van der Waals surface area contributed by atoms with Gasteiger partial charge in [-0.2, -0.15) is 26.3 Å². The van der Waals surface area contributed by atoms with Crippen LogP contribution >= 0.6 is 23.2 Å². The average Bonchev–Trinajstić information content (AvgIpc) is 2.49. The van der Waals surface area contributed by atoms with Gasteiger partial charge in [-0.1, -0.05) is 23.2 Å². The molecule has 0 heterocycles. The minimum atomic E-state index is -4.44. The van der Waals surface area contributed by atoms with E-state index in [4.69, 9.17) is 28.9 Å². The van der Waals surface area contributed by atoms with Crippen LogP contribution in [0.25, 0.3) is 0 Å². The maximum absolute atomic E-state index is 12.5. The number of nitrogens with one attached hydrogen (secondary N) is 1. The van der Waals surface area contributed by atoms with Crippen LogP contribution in [0, 0.1) is 0 Å². The summed E-state index contributed by atoms with van der Waals surface area (Å²) >= 11 is 10.8. The summed E-state index contributed by atoms with van der Waals surface area (Å²) in [6, 6.07) is 7.11. The molecular weight excluding hydrogens is 417 g/mol. The van der Waals surface area contributed by atoms with Gasteiger partial charge in [-0.3, -0.25) is 0 Å². The molecule has 0 aliphatic heterocycles. The lowest BCUT2D eigenvalue weighted by molar-refractivity contribution is -0.138. The van der Waals surface area contributed by atoms with Crippen molar-refractivity contribution >= 4 is 34.6 Å². The lowest BCUT2D eigenvalue weighted by Gasteiger charge is -2.14. The maximum Gasteiger partial charge on any atom is 0.417 e. The van der Waals surface area contributed by atoms with Gasteiger partial charge in [0.05, 0.1) is 21.2 Å². The maximum atomic E-state index is 12.5. The Morgan fingerprint density at radius 1 is 0.815 bits per heavy atom. The fraction of sp³-hybridized carbons (Fsp3) is 0.294. The average molecular weight is 433 g/mol. The van der Waals surface area contributed by atoms with E-state index in [-0.39, 0.29) is 21.8 Å². The van der Waals surface area contributed by atoms with Crippen molar-refractivity contribution in [1.29, 1.82) is 0 Å². The van der Waals surface area contributed by atoms with Crippen molar-refractivity contribution in [3.05, 3.63) is 57.6 Å². The van der Waals surface area contributed by atoms with Crippen molar-refractivity contribution in [1.82, 2.24) is 0 Å². The number of halogens is 8. The molecule has 0 aliphatic carbocycles. The van der Waals surface area contributed by atoms with E-state index in [2.05, 4.69) is 5.32 Å². The van der Waals surface area contributed by atoms with Crippen LogP contribution in [-0.2, 0) is 12.4 Å². The zero-order valence-corrected chi connectivity index (χ0v) is 15.7. The molecule has 0 unspecified atom stereocenters. The zero-order chi connectivity index (χ0) is 21.0. The molecule has 2 rings (SSSR count). The van der Waals surface area contributed by atoms with Crippen LogP contribution < -0.4 is 11.1 Å². The monoisotopic (exact) mass is 432 g/mol. The highest BCUT2D eigenvalue weighted by molar-refractivity contribution is 6.31. The predicted molar refractivity (Wildman–Crippen MR) is 96.1 cm³/mol. The van der Waals surface area contributed by atoms with E-state index in [1.165, 1.54) is 18.2 Å². The highest BCUT2D eigenvalue weighted by atomic mass is 35.5. The molecule has 2 nitrogen and oxygen atoms in total. The van der Waals surface area contributed by atoms with Crippen molar-refractivity contribution < 1.29 is 26.3 Å². The molecule has 0 aromatic heterocycles. The smallest absolute Gasteiger partial charge is 0.399 e. The van der Waals surface area contributed by atoms with Gasteiger partial charge in [0, 0.05) is 17.4 Å². The van der Waals surface area contributed by atoms with E-state index < -0.39 is 23.5 Å². The molecule has 0 saturated carbocycles. The molecule has 3 N–H and O–H groups in total. The van der Waals surface area contributed by atoms with Crippen molar-refractivity contribution in [3.63, 3.8) is 0 Å². The first-order valence-corrected chi connectivity index (χ1v) is 8.23. The van der Waals surface area contributed by atoms with Gasteiger partial charge in [0.2, 0.25) is 0 Å². The third-order valence-electron chi connectivity index (χ3n) is 3.02. The first-order valence-electron chi connectivity index (χ1n) is 7.47. The topological polar surface area (TPSA) is 38.0 Å². The molecule has 150 valence electrons. The molecule has 2 aromatic rings. The normalized spacial score (nSPS) is 11.8. The van der Waals surface area contributed by atoms with Gasteiger partial charge in [0.1, 0.15) is 0 Å². The predicted octanol–water partition coefficient (Wildman–Crippen LogP) is 7.12. The van der Waals surface area contributed by atoms with Crippen LogP contribution in [0.15, 0.2) is 36.4 Å². The van der Waals surface area contributed by atoms with E-state index in [9.17, 15) is 26.3 Å². The number of hydrogen-bond acceptors (Lipinski definition) is 2. The van der Waals surface area contributed by atoms with Gasteiger partial charge in [-0.05, 0) is 50.2 Å². The number of nitrogen functional groups attached to an aromatic ring is 1. The fourth-order valence-electron chi connectivity index (χ4n) is 1.93. The summed E-state index contributed by atoms with van der Waals surface area (Å²) in [4.78, 5) is 0. The molecule has 27 heavy (non-hydrogen) atoms. The summed E-state index contributed by atoms with van der Waals surface area (Å²) in [5.74, 6) is 0. The third-order valence-corrected chi connectivity index (χ3v) is 3.68. The molecule has 0 amide bonds. The third kappa shape index (κ3) is 7.38. The van der Waals surface area contributed by atoms with E-state index in [0.29, 0.717) is 5.69 Å². The Balaban J connectivity index is 0.000000277. The standard InChI is InChI=1S/C10H11ClF3N.C7H5ClF3N/c1-6(2)15-7-3-4-9(11)8(5-7)10(12,13)14;8-6-2-1-4(12)3-5(6)7(9,10)11/h3-6,15H,1-2H3;1-3H,12H2. The molecule has 0 atom stereocenters. The van der Waals surface area contributed by atoms with E-state index in [1.54, 1.807) is 0 Å². The second-order valence-electron chi connectivity index (χ2n) is 5.73. The Hall–Kier alpha value is -1.80. The summed E-state index contributed by atoms with van der Waals surface area (Å²) in [6.07, 6.45) is -8.85.